The number of piperidine rings is 3. The van der Waals surface area contributed by atoms with Crippen LogP contribution in [0.2, 0.25) is 10.0 Å². The van der Waals surface area contributed by atoms with Crippen LogP contribution in [0.1, 0.15) is 88.6 Å². The van der Waals surface area contributed by atoms with Crippen molar-refractivity contribution in [2.24, 2.45) is 0 Å². The first kappa shape index (κ1) is 28.8. The van der Waals surface area contributed by atoms with Crippen molar-refractivity contribution in [1.82, 2.24) is 9.97 Å². The minimum atomic E-state index is -0.00189. The summed E-state index contributed by atoms with van der Waals surface area (Å²) in [5, 5.41) is 1.17. The number of imidazole rings is 1. The molecule has 1 aliphatic carbocycles. The summed E-state index contributed by atoms with van der Waals surface area (Å²) in [6.45, 7) is 4.87. The van der Waals surface area contributed by atoms with Crippen LogP contribution in [0.4, 0.5) is 0 Å². The second kappa shape index (κ2) is 11.9. The van der Waals surface area contributed by atoms with E-state index in [2.05, 4.69) is 52.4 Å². The van der Waals surface area contributed by atoms with E-state index in [0.29, 0.717) is 21.3 Å². The maximum Gasteiger partial charge on any atom is 0.228 e. The molecule has 3 fully saturated rings. The third-order valence-corrected chi connectivity index (χ3v) is 11.6. The standard InChI is InChI=1S/C37H39Cl2N3O/c38-33-14-13-27(24-34(33)39)28(15-19-42-20-16-37(17-21-42,18-22-42)29-9-2-1-3-10-29)23-30-25-40-36(41-30)35(43)32-12-6-8-26-7-4-5-11-31(26)32/h1-3,6,8-10,12-14,24-25,28H,4-5,7,11,15-23H2/p+1/t28-,37?,42?/m0/s1. The van der Waals surface area contributed by atoms with Crippen LogP contribution in [0.15, 0.2) is 72.9 Å². The highest BCUT2D eigenvalue weighted by Gasteiger charge is 2.49. The molecule has 0 saturated carbocycles. The van der Waals surface area contributed by atoms with E-state index in [1.54, 1.807) is 0 Å². The van der Waals surface area contributed by atoms with E-state index in [0.717, 1.165) is 49.9 Å². The Balaban J connectivity index is 1.09. The molecule has 0 amide bonds. The van der Waals surface area contributed by atoms with E-state index in [1.807, 2.05) is 30.5 Å². The first-order valence-electron chi connectivity index (χ1n) is 16.0. The number of halogens is 2. The van der Waals surface area contributed by atoms with Crippen LogP contribution < -0.4 is 0 Å². The zero-order valence-electron chi connectivity index (χ0n) is 24.8. The molecule has 0 spiro atoms. The first-order valence-corrected chi connectivity index (χ1v) is 16.7. The topological polar surface area (TPSA) is 45.8 Å². The molecule has 4 aliphatic rings. The number of fused-ring (bicyclic) bond motifs is 4. The van der Waals surface area contributed by atoms with Gasteiger partial charge in [0.15, 0.2) is 5.82 Å². The summed E-state index contributed by atoms with van der Waals surface area (Å²) < 4.78 is 1.21. The molecule has 3 aromatic carbocycles. The van der Waals surface area contributed by atoms with Crippen molar-refractivity contribution in [2.75, 3.05) is 26.2 Å². The molecule has 4 nitrogen and oxygen atoms in total. The minimum absolute atomic E-state index is 0.00189. The van der Waals surface area contributed by atoms with Crippen molar-refractivity contribution in [3.05, 3.63) is 122 Å². The lowest BCUT2D eigenvalue weighted by Crippen LogP contribution is -2.63. The van der Waals surface area contributed by atoms with Crippen LogP contribution in [-0.4, -0.2) is 46.4 Å². The van der Waals surface area contributed by atoms with Gasteiger partial charge in [-0.15, -0.1) is 0 Å². The van der Waals surface area contributed by atoms with E-state index >= 15 is 0 Å². The van der Waals surface area contributed by atoms with Gasteiger partial charge in [0, 0.05) is 48.6 Å². The SMILES string of the molecule is O=C(c1ncc(C[C@H](CC[N+]23CCC(c4ccccc4)(CC2)CC3)c2ccc(Cl)c(Cl)c2)[nH]1)c1cccc2c1CCCC2. The van der Waals surface area contributed by atoms with Gasteiger partial charge in [0.25, 0.3) is 0 Å². The second-order valence-corrected chi connectivity index (χ2v) is 14.0. The lowest BCUT2D eigenvalue weighted by molar-refractivity contribution is -0.943. The highest BCUT2D eigenvalue weighted by Crippen LogP contribution is 2.46. The molecule has 222 valence electrons. The fraction of sp³-hybridized carbons (Fsp3) is 0.405. The van der Waals surface area contributed by atoms with Crippen molar-refractivity contribution >= 4 is 29.0 Å². The zero-order chi connectivity index (χ0) is 29.4. The molecule has 1 aromatic heterocycles. The Bertz CT molecular complexity index is 1600. The lowest BCUT2D eigenvalue weighted by Gasteiger charge is -2.55. The van der Waals surface area contributed by atoms with Crippen molar-refractivity contribution in [2.45, 2.75) is 69.1 Å². The van der Waals surface area contributed by atoms with Crippen LogP contribution in [-0.2, 0) is 24.7 Å². The third-order valence-electron chi connectivity index (χ3n) is 10.9. The van der Waals surface area contributed by atoms with Gasteiger partial charge in [0.1, 0.15) is 0 Å². The highest BCUT2D eigenvalue weighted by atomic mass is 35.5. The maximum atomic E-state index is 13.6. The monoisotopic (exact) mass is 612 g/mol. The number of H-pyrrole nitrogens is 1. The number of quaternary nitrogens is 1. The van der Waals surface area contributed by atoms with Gasteiger partial charge in [0.2, 0.25) is 5.78 Å². The fourth-order valence-electron chi connectivity index (χ4n) is 8.17. The van der Waals surface area contributed by atoms with E-state index in [-0.39, 0.29) is 11.7 Å². The average Bonchev–Trinajstić information content (AvgIpc) is 3.54. The summed E-state index contributed by atoms with van der Waals surface area (Å²) in [4.78, 5) is 21.6. The Morgan fingerprint density at radius 1 is 0.907 bits per heavy atom. The van der Waals surface area contributed by atoms with Gasteiger partial charge in [0.05, 0.1) is 36.2 Å². The number of nitrogens with one attached hydrogen (secondary N) is 1. The Hall–Kier alpha value is -2.92. The molecular formula is C37H40Cl2N3O+. The van der Waals surface area contributed by atoms with E-state index in [1.165, 1.54) is 72.1 Å². The van der Waals surface area contributed by atoms with Crippen LogP contribution in [0.3, 0.4) is 0 Å². The van der Waals surface area contributed by atoms with Gasteiger partial charge in [-0.3, -0.25) is 4.79 Å². The number of rotatable bonds is 9. The number of carbonyl (C=O) groups is 1. The van der Waals surface area contributed by atoms with E-state index in [9.17, 15) is 4.79 Å². The molecule has 8 rings (SSSR count). The molecule has 4 heterocycles. The molecule has 1 atom stereocenters. The van der Waals surface area contributed by atoms with Crippen LogP contribution in [0.25, 0.3) is 0 Å². The molecular weight excluding hydrogens is 573 g/mol. The van der Waals surface area contributed by atoms with Gasteiger partial charge in [-0.1, -0.05) is 77.8 Å². The summed E-state index contributed by atoms with van der Waals surface area (Å²) in [5.41, 5.74) is 7.40. The molecule has 3 aliphatic heterocycles. The smallest absolute Gasteiger partial charge is 0.228 e. The van der Waals surface area contributed by atoms with Gasteiger partial charge in [-0.05, 0) is 72.4 Å². The zero-order valence-corrected chi connectivity index (χ0v) is 26.3. The van der Waals surface area contributed by atoms with Crippen molar-refractivity contribution < 1.29 is 9.28 Å². The predicted molar refractivity (Wildman–Crippen MR) is 174 cm³/mol. The molecule has 2 bridgehead atoms. The first-order chi connectivity index (χ1) is 20.9. The van der Waals surface area contributed by atoms with Crippen LogP contribution in [0, 0.1) is 0 Å². The van der Waals surface area contributed by atoms with Crippen molar-refractivity contribution in [3.63, 3.8) is 0 Å². The summed E-state index contributed by atoms with van der Waals surface area (Å²) in [7, 11) is 0. The number of aryl methyl sites for hydroxylation is 1. The number of carbonyl (C=O) groups excluding carboxylic acids is 1. The Labute approximate surface area is 265 Å². The Morgan fingerprint density at radius 3 is 2.44 bits per heavy atom. The molecule has 4 aromatic rings. The Kier molecular flexibility index (Phi) is 7.96. The van der Waals surface area contributed by atoms with Crippen LogP contribution in [0.5, 0.6) is 0 Å². The average molecular weight is 614 g/mol. The number of hydrogen-bond donors (Lipinski definition) is 1. The quantitative estimate of drug-likeness (QED) is 0.152. The number of nitrogens with zero attached hydrogens (tertiary/aromatic N) is 2. The van der Waals surface area contributed by atoms with Gasteiger partial charge >= 0.3 is 0 Å². The number of aromatic amines is 1. The predicted octanol–water partition coefficient (Wildman–Crippen LogP) is 8.50. The summed E-state index contributed by atoms with van der Waals surface area (Å²) in [6, 6.07) is 23.4. The summed E-state index contributed by atoms with van der Waals surface area (Å²) in [6.07, 6.45) is 11.8. The highest BCUT2D eigenvalue weighted by molar-refractivity contribution is 6.42. The van der Waals surface area contributed by atoms with Gasteiger partial charge < -0.3 is 9.47 Å². The number of hydrogen-bond acceptors (Lipinski definition) is 2. The molecule has 43 heavy (non-hydrogen) atoms. The van der Waals surface area contributed by atoms with E-state index < -0.39 is 0 Å². The minimum Gasteiger partial charge on any atom is -0.339 e. The molecule has 6 heteroatoms. The van der Waals surface area contributed by atoms with Crippen molar-refractivity contribution in [1.29, 1.82) is 0 Å². The lowest BCUT2D eigenvalue weighted by atomic mass is 9.66. The Morgan fingerprint density at radius 2 is 1.67 bits per heavy atom. The molecule has 0 radical (unpaired) electrons. The fourth-order valence-corrected chi connectivity index (χ4v) is 8.48. The van der Waals surface area contributed by atoms with Gasteiger partial charge in [-0.2, -0.15) is 0 Å². The summed E-state index contributed by atoms with van der Waals surface area (Å²) in [5.74, 6) is 0.684. The van der Waals surface area contributed by atoms with Gasteiger partial charge in [-0.25, -0.2) is 4.98 Å². The number of aromatic nitrogens is 2. The summed E-state index contributed by atoms with van der Waals surface area (Å²) >= 11 is 12.8. The molecule has 1 N–H and O–H groups in total. The molecule has 0 unspecified atom stereocenters. The number of ketones is 1. The van der Waals surface area contributed by atoms with E-state index in [4.69, 9.17) is 23.2 Å². The third kappa shape index (κ3) is 5.70. The molecule has 3 saturated heterocycles. The van der Waals surface area contributed by atoms with Crippen molar-refractivity contribution in [3.8, 4) is 0 Å². The van der Waals surface area contributed by atoms with Crippen LogP contribution >= 0.6 is 23.2 Å². The largest absolute Gasteiger partial charge is 0.339 e. The second-order valence-electron chi connectivity index (χ2n) is 13.2. The normalized spacial score (nSPS) is 23.6. The number of benzene rings is 3. The maximum absolute atomic E-state index is 13.6.